The average Bonchev–Trinajstić information content (AvgIpc) is 3.04. The maximum Gasteiger partial charge on any atom is 0.0212 e. The van der Waals surface area contributed by atoms with Crippen LogP contribution in [0.5, 0.6) is 0 Å². The van der Waals surface area contributed by atoms with E-state index in [1.54, 1.807) is 16.5 Å². The summed E-state index contributed by atoms with van der Waals surface area (Å²) in [4.78, 5) is 1.42. The van der Waals surface area contributed by atoms with Crippen LogP contribution in [0, 0.1) is 0 Å². The summed E-state index contributed by atoms with van der Waals surface area (Å²) in [5.74, 6) is 0. The zero-order chi connectivity index (χ0) is 15.1. The molecule has 0 radical (unpaired) electrons. The maximum atomic E-state index is 2.38. The van der Waals surface area contributed by atoms with Gasteiger partial charge in [0.25, 0.3) is 0 Å². The van der Waals surface area contributed by atoms with Crippen molar-refractivity contribution in [2.75, 3.05) is 0 Å². The normalized spacial score (nSPS) is 30.1. The molecule has 2 bridgehead atoms. The molecule has 4 unspecified atom stereocenters. The third kappa shape index (κ3) is 2.36. The highest BCUT2D eigenvalue weighted by atomic mass is 32.2. The van der Waals surface area contributed by atoms with Crippen molar-refractivity contribution in [1.29, 1.82) is 0 Å². The molecular formula is C20H21PS. The van der Waals surface area contributed by atoms with E-state index in [1.165, 1.54) is 11.3 Å². The zero-order valence-electron chi connectivity index (χ0n) is 13.1. The molecule has 4 rings (SSSR count). The maximum absolute atomic E-state index is 2.38. The molecule has 0 aliphatic carbocycles. The second kappa shape index (κ2) is 5.87. The zero-order valence-corrected chi connectivity index (χ0v) is 14.8. The molecule has 2 aromatic rings. The summed E-state index contributed by atoms with van der Waals surface area (Å²) >= 11 is 2.10. The molecule has 22 heavy (non-hydrogen) atoms. The average molecular weight is 324 g/mol. The van der Waals surface area contributed by atoms with Gasteiger partial charge in [-0.05, 0) is 37.7 Å². The summed E-state index contributed by atoms with van der Waals surface area (Å²) in [6.07, 6.45) is 1.36. The minimum absolute atomic E-state index is 0.0607. The second-order valence-electron chi connectivity index (χ2n) is 6.27. The SMILES string of the molecule is CC1=C(C)C2C(Sc3ccccc3)CC1P2c1ccccc1. The van der Waals surface area contributed by atoms with Gasteiger partial charge in [-0.15, -0.1) is 11.8 Å². The quantitative estimate of drug-likeness (QED) is 0.535. The fourth-order valence-corrected chi connectivity index (χ4v) is 9.70. The van der Waals surface area contributed by atoms with Gasteiger partial charge >= 0.3 is 0 Å². The molecule has 0 aromatic heterocycles. The molecule has 2 aromatic carbocycles. The van der Waals surface area contributed by atoms with E-state index in [0.717, 1.165) is 16.6 Å². The third-order valence-electron chi connectivity index (χ3n) is 5.09. The standard InChI is InChI=1S/C20H21PS/c1-14-15(2)20-19(22-17-11-7-4-8-12-17)13-18(14)21(20)16-9-5-3-6-10-16/h3-12,18-20H,13H2,1-2H3. The topological polar surface area (TPSA) is 0 Å². The molecule has 4 atom stereocenters. The second-order valence-corrected chi connectivity index (χ2v) is 10.1. The highest BCUT2D eigenvalue weighted by Crippen LogP contribution is 2.67. The van der Waals surface area contributed by atoms with Crippen LogP contribution in [0.2, 0.25) is 0 Å². The van der Waals surface area contributed by atoms with Crippen molar-refractivity contribution >= 4 is 25.0 Å². The Morgan fingerprint density at radius 3 is 2.18 bits per heavy atom. The van der Waals surface area contributed by atoms with Crippen LogP contribution in [-0.2, 0) is 0 Å². The summed E-state index contributed by atoms with van der Waals surface area (Å²) in [6.45, 7) is 4.76. The van der Waals surface area contributed by atoms with Gasteiger partial charge in [0.15, 0.2) is 0 Å². The first-order chi connectivity index (χ1) is 10.8. The van der Waals surface area contributed by atoms with E-state index >= 15 is 0 Å². The molecular weight excluding hydrogens is 303 g/mol. The van der Waals surface area contributed by atoms with E-state index in [0.29, 0.717) is 0 Å². The van der Waals surface area contributed by atoms with Crippen LogP contribution in [0.1, 0.15) is 20.3 Å². The molecule has 0 saturated carbocycles. The van der Waals surface area contributed by atoms with Crippen molar-refractivity contribution in [3.63, 3.8) is 0 Å². The van der Waals surface area contributed by atoms with Crippen LogP contribution in [0.4, 0.5) is 0 Å². The van der Waals surface area contributed by atoms with Gasteiger partial charge in [-0.3, -0.25) is 0 Å². The van der Waals surface area contributed by atoms with Crippen molar-refractivity contribution < 1.29 is 0 Å². The number of hydrogen-bond acceptors (Lipinski definition) is 1. The number of rotatable bonds is 3. The molecule has 1 saturated heterocycles. The summed E-state index contributed by atoms with van der Waals surface area (Å²) in [5.41, 5.74) is 4.95. The minimum Gasteiger partial charge on any atom is -0.122 e. The molecule has 2 heteroatoms. The molecule has 0 N–H and O–H groups in total. The number of benzene rings is 2. The highest BCUT2D eigenvalue weighted by molar-refractivity contribution is 8.00. The van der Waals surface area contributed by atoms with Gasteiger partial charge in [-0.1, -0.05) is 67.6 Å². The first-order valence-electron chi connectivity index (χ1n) is 7.98. The van der Waals surface area contributed by atoms with E-state index in [9.17, 15) is 0 Å². The molecule has 2 heterocycles. The lowest BCUT2D eigenvalue weighted by molar-refractivity contribution is 0.761. The number of fused-ring (bicyclic) bond motifs is 2. The van der Waals surface area contributed by atoms with E-state index in [2.05, 4.69) is 86.3 Å². The van der Waals surface area contributed by atoms with Crippen LogP contribution in [-0.4, -0.2) is 16.6 Å². The van der Waals surface area contributed by atoms with Crippen molar-refractivity contribution in [3.05, 3.63) is 71.8 Å². The summed E-state index contributed by atoms with van der Waals surface area (Å²) in [7, 11) is -0.0607. The Hall–Kier alpha value is -1.04. The highest BCUT2D eigenvalue weighted by Gasteiger charge is 2.50. The van der Waals surface area contributed by atoms with Crippen LogP contribution in [0.3, 0.4) is 0 Å². The molecule has 2 aliphatic heterocycles. The largest absolute Gasteiger partial charge is 0.122 e. The Labute approximate surface area is 138 Å². The van der Waals surface area contributed by atoms with Crippen molar-refractivity contribution in [1.82, 2.24) is 0 Å². The van der Waals surface area contributed by atoms with E-state index < -0.39 is 0 Å². The van der Waals surface area contributed by atoms with Gasteiger partial charge in [0.2, 0.25) is 0 Å². The summed E-state index contributed by atoms with van der Waals surface area (Å²) < 4.78 is 0. The lowest BCUT2D eigenvalue weighted by Gasteiger charge is -2.24. The van der Waals surface area contributed by atoms with Crippen molar-refractivity contribution in [3.8, 4) is 0 Å². The fourth-order valence-electron chi connectivity index (χ4n) is 3.93. The van der Waals surface area contributed by atoms with Crippen LogP contribution in [0.15, 0.2) is 76.7 Å². The molecule has 2 aliphatic rings. The molecule has 0 spiro atoms. The number of allylic oxidation sites excluding steroid dienone is 2. The van der Waals surface area contributed by atoms with Crippen molar-refractivity contribution in [2.24, 2.45) is 0 Å². The lowest BCUT2D eigenvalue weighted by atomic mass is 9.94. The van der Waals surface area contributed by atoms with E-state index in [-0.39, 0.29) is 7.92 Å². The molecule has 0 amide bonds. The van der Waals surface area contributed by atoms with Gasteiger partial charge < -0.3 is 0 Å². The predicted molar refractivity (Wildman–Crippen MR) is 99.7 cm³/mol. The lowest BCUT2D eigenvalue weighted by Crippen LogP contribution is -2.20. The van der Waals surface area contributed by atoms with Gasteiger partial charge in [-0.25, -0.2) is 0 Å². The summed E-state index contributed by atoms with van der Waals surface area (Å²) in [6, 6.07) is 22.2. The van der Waals surface area contributed by atoms with E-state index in [1.807, 2.05) is 0 Å². The minimum atomic E-state index is -0.0607. The Morgan fingerprint density at radius 1 is 0.864 bits per heavy atom. The molecule has 0 nitrogen and oxygen atoms in total. The van der Waals surface area contributed by atoms with Gasteiger partial charge in [0, 0.05) is 21.5 Å². The predicted octanol–water partition coefficient (Wildman–Crippen LogP) is 5.45. The third-order valence-corrected chi connectivity index (χ3v) is 10.1. The summed E-state index contributed by atoms with van der Waals surface area (Å²) in [5, 5.41) is 2.35. The Kier molecular flexibility index (Phi) is 3.88. The number of hydrogen-bond donors (Lipinski definition) is 0. The fraction of sp³-hybridized carbons (Fsp3) is 0.300. The van der Waals surface area contributed by atoms with Gasteiger partial charge in [-0.2, -0.15) is 0 Å². The monoisotopic (exact) mass is 324 g/mol. The first kappa shape index (κ1) is 14.5. The van der Waals surface area contributed by atoms with Gasteiger partial charge in [0.05, 0.1) is 0 Å². The smallest absolute Gasteiger partial charge is 0.0212 e. The van der Waals surface area contributed by atoms with Crippen LogP contribution in [0.25, 0.3) is 0 Å². The molecule has 112 valence electrons. The Bertz CT molecular complexity index is 692. The van der Waals surface area contributed by atoms with Crippen LogP contribution >= 0.6 is 19.7 Å². The van der Waals surface area contributed by atoms with Gasteiger partial charge in [0.1, 0.15) is 0 Å². The van der Waals surface area contributed by atoms with Crippen LogP contribution < -0.4 is 5.30 Å². The van der Waals surface area contributed by atoms with E-state index in [4.69, 9.17) is 0 Å². The Balaban J connectivity index is 1.65. The van der Waals surface area contributed by atoms with Crippen molar-refractivity contribution in [2.45, 2.75) is 41.7 Å². The number of thioether (sulfide) groups is 1. The molecule has 1 fully saturated rings. The first-order valence-corrected chi connectivity index (χ1v) is 10.3. The Morgan fingerprint density at radius 2 is 1.50 bits per heavy atom.